The monoisotopic (exact) mass is 365 g/mol. The van der Waals surface area contributed by atoms with Gasteiger partial charge in [0, 0.05) is 22.3 Å². The Morgan fingerprint density at radius 3 is 2.53 bits per heavy atom. The van der Waals surface area contributed by atoms with E-state index in [1.807, 2.05) is 0 Å². The van der Waals surface area contributed by atoms with E-state index in [9.17, 15) is 4.79 Å². The van der Waals surface area contributed by atoms with Crippen molar-refractivity contribution in [1.29, 1.82) is 0 Å². The minimum Gasteiger partial charge on any atom is -0.351 e. The molecular formula is C14H18BrCl2NO. The maximum atomic E-state index is 12.2. The van der Waals surface area contributed by atoms with Gasteiger partial charge >= 0.3 is 0 Å². The molecule has 0 unspecified atom stereocenters. The van der Waals surface area contributed by atoms with Crippen LogP contribution in [0.15, 0.2) is 22.7 Å². The summed E-state index contributed by atoms with van der Waals surface area (Å²) in [5, 5.41) is 3.37. The number of carbonyl (C=O) groups excluding carboxylic acids is 1. The molecular weight excluding hydrogens is 349 g/mol. The number of halogens is 3. The Morgan fingerprint density at radius 1 is 1.37 bits per heavy atom. The fourth-order valence-corrected chi connectivity index (χ4v) is 2.83. The summed E-state index contributed by atoms with van der Waals surface area (Å²) in [6.45, 7) is 4.74. The van der Waals surface area contributed by atoms with E-state index in [0.717, 1.165) is 17.3 Å². The van der Waals surface area contributed by atoms with E-state index in [1.54, 1.807) is 18.2 Å². The molecule has 0 spiro atoms. The van der Waals surface area contributed by atoms with E-state index in [4.69, 9.17) is 23.2 Å². The molecule has 0 saturated carbocycles. The van der Waals surface area contributed by atoms with Crippen molar-refractivity contribution in [1.82, 2.24) is 5.32 Å². The molecule has 0 heterocycles. The number of amides is 1. The van der Waals surface area contributed by atoms with Crippen LogP contribution >= 0.6 is 39.1 Å². The second-order valence-corrected chi connectivity index (χ2v) is 6.12. The van der Waals surface area contributed by atoms with Crippen molar-refractivity contribution >= 4 is 45.0 Å². The third-order valence-corrected chi connectivity index (χ3v) is 5.47. The molecule has 0 atom stereocenters. The molecule has 5 heteroatoms. The van der Waals surface area contributed by atoms with Gasteiger partial charge in [-0.05, 0) is 40.9 Å². The van der Waals surface area contributed by atoms with Crippen LogP contribution in [0.2, 0.25) is 5.02 Å². The van der Waals surface area contributed by atoms with Gasteiger partial charge in [0.15, 0.2) is 0 Å². The molecule has 1 rings (SSSR count). The molecule has 1 aromatic rings. The van der Waals surface area contributed by atoms with Crippen LogP contribution in [0, 0.1) is 5.41 Å². The minimum atomic E-state index is -0.164. The first kappa shape index (κ1) is 16.8. The van der Waals surface area contributed by atoms with Crippen LogP contribution in [0.3, 0.4) is 0 Å². The Balaban J connectivity index is 2.78. The van der Waals surface area contributed by atoms with E-state index >= 15 is 0 Å². The van der Waals surface area contributed by atoms with Crippen molar-refractivity contribution in [3.8, 4) is 0 Å². The molecule has 0 fully saturated rings. The molecule has 19 heavy (non-hydrogen) atoms. The van der Waals surface area contributed by atoms with Gasteiger partial charge in [-0.3, -0.25) is 4.79 Å². The Morgan fingerprint density at radius 2 is 2.00 bits per heavy atom. The summed E-state index contributed by atoms with van der Waals surface area (Å²) < 4.78 is 0.719. The van der Waals surface area contributed by atoms with Crippen LogP contribution in [-0.4, -0.2) is 18.3 Å². The van der Waals surface area contributed by atoms with E-state index in [0.29, 0.717) is 23.0 Å². The first-order valence-corrected chi connectivity index (χ1v) is 7.98. The average Bonchev–Trinajstić information content (AvgIpc) is 2.44. The lowest BCUT2D eigenvalue weighted by molar-refractivity contribution is 0.0932. The van der Waals surface area contributed by atoms with Crippen molar-refractivity contribution in [3.05, 3.63) is 33.3 Å². The molecule has 2 nitrogen and oxygen atoms in total. The molecule has 0 aliphatic carbocycles. The van der Waals surface area contributed by atoms with Crippen molar-refractivity contribution in [2.75, 3.05) is 12.4 Å². The number of hydrogen-bond donors (Lipinski definition) is 1. The topological polar surface area (TPSA) is 29.1 Å². The highest BCUT2D eigenvalue weighted by atomic mass is 79.9. The second kappa shape index (κ2) is 7.51. The molecule has 1 aromatic carbocycles. The lowest BCUT2D eigenvalue weighted by atomic mass is 9.84. The standard InChI is InChI=1S/C14H18BrCl2NO/c1-3-14(4-2,8-16)9-18-13(19)10-6-5-7-11(15)12(10)17/h5-7H,3-4,8-9H2,1-2H3,(H,18,19). The highest BCUT2D eigenvalue weighted by Crippen LogP contribution is 2.28. The third-order valence-electron chi connectivity index (χ3n) is 3.60. The van der Waals surface area contributed by atoms with Gasteiger partial charge in [-0.15, -0.1) is 11.6 Å². The summed E-state index contributed by atoms with van der Waals surface area (Å²) >= 11 is 15.4. The second-order valence-electron chi connectivity index (χ2n) is 4.62. The zero-order valence-electron chi connectivity index (χ0n) is 11.1. The number of hydrogen-bond acceptors (Lipinski definition) is 1. The van der Waals surface area contributed by atoms with Gasteiger partial charge in [0.2, 0.25) is 0 Å². The third kappa shape index (κ3) is 4.11. The maximum Gasteiger partial charge on any atom is 0.252 e. The first-order valence-electron chi connectivity index (χ1n) is 6.28. The molecule has 0 bridgehead atoms. The number of alkyl halides is 1. The summed E-state index contributed by atoms with van der Waals surface area (Å²) in [6, 6.07) is 5.31. The molecule has 0 aliphatic rings. The lowest BCUT2D eigenvalue weighted by Crippen LogP contribution is -2.38. The van der Waals surface area contributed by atoms with Crippen LogP contribution in [0.5, 0.6) is 0 Å². The zero-order chi connectivity index (χ0) is 14.5. The Bertz CT molecular complexity index is 439. The predicted molar refractivity (Wildman–Crippen MR) is 85.2 cm³/mol. The van der Waals surface area contributed by atoms with E-state index in [-0.39, 0.29) is 11.3 Å². The van der Waals surface area contributed by atoms with Crippen molar-refractivity contribution in [3.63, 3.8) is 0 Å². The Labute approximate surface area is 133 Å². The van der Waals surface area contributed by atoms with Gasteiger partial charge in [-0.25, -0.2) is 0 Å². The highest BCUT2D eigenvalue weighted by molar-refractivity contribution is 9.10. The Kier molecular flexibility index (Phi) is 6.64. The van der Waals surface area contributed by atoms with Crippen LogP contribution in [0.1, 0.15) is 37.0 Å². The normalized spacial score (nSPS) is 11.4. The van der Waals surface area contributed by atoms with Crippen LogP contribution < -0.4 is 5.32 Å². The van der Waals surface area contributed by atoms with E-state index < -0.39 is 0 Å². The van der Waals surface area contributed by atoms with Gasteiger partial charge in [0.1, 0.15) is 0 Å². The average molecular weight is 367 g/mol. The number of nitrogens with one attached hydrogen (secondary N) is 1. The number of rotatable bonds is 6. The van der Waals surface area contributed by atoms with Gasteiger partial charge in [0.05, 0.1) is 10.6 Å². The number of carbonyl (C=O) groups is 1. The highest BCUT2D eigenvalue weighted by Gasteiger charge is 2.26. The summed E-state index contributed by atoms with van der Waals surface area (Å²) in [5.41, 5.74) is 0.433. The smallest absolute Gasteiger partial charge is 0.252 e. The molecule has 0 radical (unpaired) electrons. The van der Waals surface area contributed by atoms with Gasteiger partial charge in [0.25, 0.3) is 5.91 Å². The summed E-state index contributed by atoms with van der Waals surface area (Å²) in [5.74, 6) is 0.370. The van der Waals surface area contributed by atoms with E-state index in [2.05, 4.69) is 35.1 Å². The lowest BCUT2D eigenvalue weighted by Gasteiger charge is -2.29. The fourth-order valence-electron chi connectivity index (χ4n) is 1.78. The molecule has 1 N–H and O–H groups in total. The zero-order valence-corrected chi connectivity index (χ0v) is 14.2. The van der Waals surface area contributed by atoms with Crippen molar-refractivity contribution in [2.45, 2.75) is 26.7 Å². The van der Waals surface area contributed by atoms with Crippen molar-refractivity contribution in [2.24, 2.45) is 5.41 Å². The van der Waals surface area contributed by atoms with E-state index in [1.165, 1.54) is 0 Å². The summed E-state index contributed by atoms with van der Waals surface area (Å²) in [7, 11) is 0. The van der Waals surface area contributed by atoms with Gasteiger partial charge in [-0.1, -0.05) is 31.5 Å². The predicted octanol–water partition coefficient (Wildman–Crippen LogP) is 4.88. The van der Waals surface area contributed by atoms with Crippen molar-refractivity contribution < 1.29 is 4.79 Å². The minimum absolute atomic E-state index is 0.0459. The molecule has 1 amide bonds. The largest absolute Gasteiger partial charge is 0.351 e. The SMILES string of the molecule is CCC(CC)(CCl)CNC(=O)c1cccc(Br)c1Cl. The molecule has 0 aromatic heterocycles. The van der Waals surface area contributed by atoms with Crippen LogP contribution in [0.25, 0.3) is 0 Å². The first-order chi connectivity index (χ1) is 8.99. The summed E-state index contributed by atoms with van der Waals surface area (Å²) in [4.78, 5) is 12.2. The van der Waals surface area contributed by atoms with Gasteiger partial charge < -0.3 is 5.32 Å². The molecule has 0 aliphatic heterocycles. The molecule has 106 valence electrons. The quantitative estimate of drug-likeness (QED) is 0.714. The fraction of sp³-hybridized carbons (Fsp3) is 0.500. The maximum absolute atomic E-state index is 12.2. The van der Waals surface area contributed by atoms with Crippen LogP contribution in [0.4, 0.5) is 0 Å². The summed E-state index contributed by atoms with van der Waals surface area (Å²) in [6.07, 6.45) is 1.86. The van der Waals surface area contributed by atoms with Gasteiger partial charge in [-0.2, -0.15) is 0 Å². The van der Waals surface area contributed by atoms with Crippen LogP contribution in [-0.2, 0) is 0 Å². The molecule has 0 saturated heterocycles. The Hall–Kier alpha value is -0.250. The number of benzene rings is 1.